The molecule has 0 saturated carbocycles. The maximum absolute atomic E-state index is 13.6. The zero-order valence-corrected chi connectivity index (χ0v) is 57.7. The van der Waals surface area contributed by atoms with Crippen molar-refractivity contribution < 1.29 is 64.8 Å². The summed E-state index contributed by atoms with van der Waals surface area (Å²) in [5.41, 5.74) is 9.49. The Hall–Kier alpha value is -12.2. The minimum Gasteiger partial charge on any atom is -0.486 e. The maximum Gasteiger partial charge on any atom is 0.435 e. The molecular weight excluding hydrogens is 1380 g/mol. The normalized spacial score (nSPS) is 17.9. The van der Waals surface area contributed by atoms with Gasteiger partial charge in [0.2, 0.25) is 5.16 Å². The number of esters is 1. The van der Waals surface area contributed by atoms with Crippen LogP contribution in [0.1, 0.15) is 81.4 Å². The Morgan fingerprint density at radius 1 is 0.752 bits per heavy atom. The van der Waals surface area contributed by atoms with Gasteiger partial charge in [0.05, 0.1) is 95.7 Å². The number of tetrazole rings is 1. The molecule has 24 nitrogen and oxygen atoms in total. The Labute approximate surface area is 601 Å². The van der Waals surface area contributed by atoms with E-state index in [0.29, 0.717) is 80.7 Å². The molecule has 1 fully saturated rings. The molecule has 0 radical (unpaired) electrons. The number of rotatable bonds is 10. The number of hydrogen-bond donors (Lipinski definition) is 2. The number of methoxy groups -OCH3 is 1. The van der Waals surface area contributed by atoms with E-state index in [4.69, 9.17) is 33.8 Å². The van der Waals surface area contributed by atoms with Crippen molar-refractivity contribution in [2.45, 2.75) is 81.7 Å². The molecule has 1 saturated heterocycles. The smallest absolute Gasteiger partial charge is 0.435 e. The number of aryl methyl sites for hydroxylation is 2. The lowest BCUT2D eigenvalue weighted by Crippen LogP contribution is -2.44. The third-order valence-corrected chi connectivity index (χ3v) is 18.9. The first kappa shape index (κ1) is 71.2. The van der Waals surface area contributed by atoms with Gasteiger partial charge in [0.25, 0.3) is 5.91 Å². The number of amides is 1. The number of pyridine rings is 1. The van der Waals surface area contributed by atoms with Crippen LogP contribution < -0.4 is 29.7 Å². The predicted molar refractivity (Wildman–Crippen MR) is 373 cm³/mol. The minimum absolute atomic E-state index is 0.0166. The topological polar surface area (TPSA) is 283 Å². The first-order valence-electron chi connectivity index (χ1n) is 32.9. The minimum atomic E-state index is -4.64. The number of benzene rings is 6. The summed E-state index contributed by atoms with van der Waals surface area (Å²) in [6.45, 7) is 8.89. The van der Waals surface area contributed by atoms with Gasteiger partial charge in [0, 0.05) is 41.1 Å². The quantitative estimate of drug-likeness (QED) is 0.0950. The number of halogens is 5. The SMILES string of the molecule is COC(=O)C1=C(Cn2cnnn2)NC(C)=C(C#N)C1c1ccc(F)cc1C.C[C@@H]1CN(c2ccc3c(n2)CC(=O)CO3)[C@H](c2ccccc2)CO1.Cc1cc(F)ccc1-n1nc(C(F)(F)F)cc1-c1ccc2c(c1)CC(=O)CO2.O=C1COc2ccc(C3=Nn4cnnc4SC3c3ccccc3)cc2N1. The summed E-state index contributed by atoms with van der Waals surface area (Å²) < 4.78 is 98.3. The van der Waals surface area contributed by atoms with Gasteiger partial charge in [-0.25, -0.2) is 27.9 Å². The van der Waals surface area contributed by atoms with Crippen LogP contribution in [-0.2, 0) is 54.2 Å². The van der Waals surface area contributed by atoms with Crippen molar-refractivity contribution in [2.75, 3.05) is 50.3 Å². The fourth-order valence-electron chi connectivity index (χ4n) is 12.7. The summed E-state index contributed by atoms with van der Waals surface area (Å²) in [5, 5.41) is 43.9. The highest BCUT2D eigenvalue weighted by atomic mass is 32.2. The molecular formula is C75H64F5N15O9S. The molecule has 10 heterocycles. The van der Waals surface area contributed by atoms with E-state index in [0.717, 1.165) is 56.5 Å². The van der Waals surface area contributed by atoms with Crippen molar-refractivity contribution >= 4 is 52.4 Å². The number of hydrogen-bond acceptors (Lipinski definition) is 21. The summed E-state index contributed by atoms with van der Waals surface area (Å²) in [5.74, 6) is 0.447. The van der Waals surface area contributed by atoms with Gasteiger partial charge in [-0.2, -0.15) is 33.3 Å². The number of aromatic nitrogens is 10. The van der Waals surface area contributed by atoms with Crippen LogP contribution in [0.5, 0.6) is 17.2 Å². The van der Waals surface area contributed by atoms with Crippen molar-refractivity contribution in [3.8, 4) is 40.3 Å². The number of ketones is 2. The number of dihydropyridines is 1. The van der Waals surface area contributed by atoms with Crippen molar-refractivity contribution in [1.82, 2.24) is 55.2 Å². The molecule has 10 aromatic rings. The molecule has 6 aliphatic heterocycles. The standard InChI is InChI=1S/C20H14F4N2O2.C19H20N2O3.C18H17FN6O2.C18H13N5O2S/c1-11-6-14(21)3-4-16(11)26-17(9-19(25-26)20(22,23)24)12-2-5-18-13(7-12)8-15(27)10-28-18;1-13-10-21(17(12-23-13)14-5-3-2-4-6-14)19-8-7-18-16(20-19)9-15(22)11-24-18;1-10-6-12(19)4-5-13(10)16-14(7-20)11(2)22-15(17(16)18(26)27-3)8-25-9-21-23-24-25;24-15-9-25-14-7-6-12(8-13(14)20-15)16-17(11-4-2-1-3-5-11)26-18-21-19-10-23(18)22-16/h2-7,9H,8,10H2,1H3;2-8,13,17H,9-12H2,1H3;4-6,9,16,22H,8H2,1-3H3;1-8,10,17H,9H2,(H,20,24)/t;13-,17+;;/m.1../s1. The molecule has 534 valence electrons. The van der Waals surface area contributed by atoms with Gasteiger partial charge in [0.1, 0.15) is 60.6 Å². The van der Waals surface area contributed by atoms with E-state index in [1.165, 1.54) is 54.0 Å². The second kappa shape index (κ2) is 30.8. The molecule has 6 aromatic carbocycles. The molecule has 4 aromatic heterocycles. The van der Waals surface area contributed by atoms with E-state index < -0.39 is 29.6 Å². The number of nitrogens with one attached hydrogen (secondary N) is 2. The van der Waals surface area contributed by atoms with Crippen molar-refractivity contribution in [3.05, 3.63) is 249 Å². The molecule has 6 aliphatic rings. The number of nitriles is 1. The number of Topliss-reactive ketones (excluding diaryl/α,β-unsaturated/α-hetero) is 2. The van der Waals surface area contributed by atoms with Gasteiger partial charge in [-0.05, 0) is 151 Å². The number of anilines is 2. The number of morpholine rings is 1. The number of nitrogens with zero attached hydrogens (tertiary/aromatic N) is 13. The zero-order chi connectivity index (χ0) is 73.6. The second-order valence-electron chi connectivity index (χ2n) is 24.9. The van der Waals surface area contributed by atoms with E-state index >= 15 is 0 Å². The van der Waals surface area contributed by atoms with E-state index in [1.807, 2.05) is 66.7 Å². The Bertz CT molecular complexity index is 5120. The maximum atomic E-state index is 13.6. The Morgan fingerprint density at radius 3 is 2.16 bits per heavy atom. The third kappa shape index (κ3) is 15.9. The number of carbonyl (C=O) groups excluding carboxylic acids is 4. The van der Waals surface area contributed by atoms with Crippen LogP contribution in [0.3, 0.4) is 0 Å². The number of alkyl halides is 3. The van der Waals surface area contributed by atoms with Crippen LogP contribution >= 0.6 is 11.8 Å². The zero-order valence-electron chi connectivity index (χ0n) is 56.8. The molecule has 1 amide bonds. The average molecular weight is 1450 g/mol. The Morgan fingerprint density at radius 2 is 1.45 bits per heavy atom. The highest BCUT2D eigenvalue weighted by Crippen LogP contribution is 2.44. The number of fused-ring (bicyclic) bond motifs is 4. The number of carbonyl (C=O) groups is 4. The lowest BCUT2D eigenvalue weighted by molar-refractivity contribution is -0.141. The lowest BCUT2D eigenvalue weighted by Gasteiger charge is -2.40. The largest absolute Gasteiger partial charge is 0.486 e. The fraction of sp³-hybridized carbons (Fsp3) is 0.240. The summed E-state index contributed by atoms with van der Waals surface area (Å²) in [6.07, 6.45) is -0.993. The molecule has 2 unspecified atom stereocenters. The monoisotopic (exact) mass is 1450 g/mol. The first-order valence-corrected chi connectivity index (χ1v) is 33.8. The highest BCUT2D eigenvalue weighted by Gasteiger charge is 2.39. The van der Waals surface area contributed by atoms with E-state index in [2.05, 4.69) is 83.6 Å². The molecule has 16 rings (SSSR count). The predicted octanol–water partition coefficient (Wildman–Crippen LogP) is 11.5. The van der Waals surface area contributed by atoms with Gasteiger partial charge >= 0.3 is 12.1 Å². The number of allylic oxidation sites excluding steroid dienone is 3. The number of thioether (sulfide) groups is 1. The fourth-order valence-corrected chi connectivity index (χ4v) is 13.8. The van der Waals surface area contributed by atoms with Gasteiger partial charge in [-0.1, -0.05) is 78.5 Å². The molecule has 105 heavy (non-hydrogen) atoms. The van der Waals surface area contributed by atoms with Crippen molar-refractivity contribution in [2.24, 2.45) is 5.10 Å². The lowest BCUT2D eigenvalue weighted by atomic mass is 9.79. The van der Waals surface area contributed by atoms with E-state index in [9.17, 15) is 46.4 Å². The molecule has 0 bridgehead atoms. The molecule has 2 N–H and O–H groups in total. The molecule has 0 spiro atoms. The van der Waals surface area contributed by atoms with Gasteiger partial charge in [0.15, 0.2) is 23.9 Å². The van der Waals surface area contributed by atoms with Crippen molar-refractivity contribution in [3.63, 3.8) is 0 Å². The first-order chi connectivity index (χ1) is 50.7. The summed E-state index contributed by atoms with van der Waals surface area (Å²) >= 11 is 1.60. The van der Waals surface area contributed by atoms with E-state index in [1.54, 1.807) is 67.8 Å². The van der Waals surface area contributed by atoms with Crippen LogP contribution in [0.15, 0.2) is 197 Å². The van der Waals surface area contributed by atoms with Crippen molar-refractivity contribution in [1.29, 1.82) is 5.26 Å². The molecule has 4 atom stereocenters. The number of ether oxygens (including phenoxy) is 5. The van der Waals surface area contributed by atoms with Gasteiger partial charge in [-0.15, -0.1) is 15.3 Å². The van der Waals surface area contributed by atoms with Crippen LogP contribution in [0.2, 0.25) is 0 Å². The average Bonchev–Trinajstić information content (AvgIpc) is 1.75. The summed E-state index contributed by atoms with van der Waals surface area (Å²) in [4.78, 5) is 54.6. The van der Waals surface area contributed by atoms with Crippen LogP contribution in [0.25, 0.3) is 16.9 Å². The summed E-state index contributed by atoms with van der Waals surface area (Å²) in [6, 6.07) is 46.2. The van der Waals surface area contributed by atoms with Gasteiger partial charge in [-0.3, -0.25) is 14.4 Å². The van der Waals surface area contributed by atoms with Crippen LogP contribution in [0.4, 0.5) is 33.5 Å². The van der Waals surface area contributed by atoms with Crippen LogP contribution in [0, 0.1) is 36.8 Å². The van der Waals surface area contributed by atoms with E-state index in [-0.39, 0.29) is 84.7 Å². The second-order valence-corrected chi connectivity index (χ2v) is 26.0. The third-order valence-electron chi connectivity index (χ3n) is 17.7. The summed E-state index contributed by atoms with van der Waals surface area (Å²) in [7, 11) is 1.27. The molecule has 30 heteroatoms. The highest BCUT2D eigenvalue weighted by molar-refractivity contribution is 8.00. The Kier molecular flexibility index (Phi) is 20.9. The molecule has 0 aliphatic carbocycles. The Balaban J connectivity index is 0.000000124. The van der Waals surface area contributed by atoms with Gasteiger partial charge < -0.3 is 39.2 Å². The van der Waals surface area contributed by atoms with Crippen LogP contribution in [-0.4, -0.2) is 125 Å².